The quantitative estimate of drug-likeness (QED) is 0.672. The highest BCUT2D eigenvalue weighted by molar-refractivity contribution is 9.09. The number of hydrogen-bond acceptors (Lipinski definition) is 1. The number of likely N-dealkylation sites (tertiary alicyclic amines) is 1. The third kappa shape index (κ3) is 2.39. The van der Waals surface area contributed by atoms with Gasteiger partial charge >= 0.3 is 0 Å². The Labute approximate surface area is 80.2 Å². The number of rotatable bonds is 2. The van der Waals surface area contributed by atoms with Gasteiger partial charge in [-0.15, -0.1) is 0 Å². The maximum Gasteiger partial charge on any atom is 0.261 e. The van der Waals surface area contributed by atoms with E-state index >= 15 is 0 Å². The van der Waals surface area contributed by atoms with E-state index in [0.717, 1.165) is 13.0 Å². The molecule has 0 aromatic carbocycles. The van der Waals surface area contributed by atoms with Crippen molar-refractivity contribution in [2.24, 2.45) is 5.92 Å². The van der Waals surface area contributed by atoms with Gasteiger partial charge in [-0.2, -0.15) is 0 Å². The topological polar surface area (TPSA) is 3.24 Å². The largest absolute Gasteiger partial charge is 0.306 e. The molecule has 0 saturated carbocycles. The number of nitrogens with zero attached hydrogens (tertiary/aromatic N) is 1. The Morgan fingerprint density at radius 2 is 2.25 bits per heavy atom. The van der Waals surface area contributed by atoms with Gasteiger partial charge in [-0.1, -0.05) is 15.9 Å². The molecule has 4 heteroatoms. The smallest absolute Gasteiger partial charge is 0.261 e. The van der Waals surface area contributed by atoms with E-state index < -0.39 is 11.8 Å². The van der Waals surface area contributed by atoms with Gasteiger partial charge in [0.15, 0.2) is 0 Å². The zero-order valence-corrected chi connectivity index (χ0v) is 8.78. The summed E-state index contributed by atoms with van der Waals surface area (Å²) in [6.07, 6.45) is 1.55. The SMILES string of the molecule is CN1CCCC(C(F)(F)CBr)C1. The predicted molar refractivity (Wildman–Crippen MR) is 49.0 cm³/mol. The van der Waals surface area contributed by atoms with E-state index in [1.54, 1.807) is 0 Å². The van der Waals surface area contributed by atoms with Crippen LogP contribution < -0.4 is 0 Å². The first-order valence-corrected chi connectivity index (χ1v) is 5.31. The van der Waals surface area contributed by atoms with Crippen LogP contribution in [0.4, 0.5) is 8.78 Å². The molecule has 0 radical (unpaired) electrons. The fraction of sp³-hybridized carbons (Fsp3) is 1.00. The Morgan fingerprint density at radius 3 is 2.75 bits per heavy atom. The van der Waals surface area contributed by atoms with Gasteiger partial charge in [-0.3, -0.25) is 0 Å². The lowest BCUT2D eigenvalue weighted by atomic mass is 9.93. The molecular weight excluding hydrogens is 228 g/mol. The van der Waals surface area contributed by atoms with Gasteiger partial charge in [-0.25, -0.2) is 8.78 Å². The molecule has 0 aromatic rings. The molecule has 0 amide bonds. The summed E-state index contributed by atoms with van der Waals surface area (Å²) in [6.45, 7) is 1.48. The van der Waals surface area contributed by atoms with Crippen molar-refractivity contribution in [3.63, 3.8) is 0 Å². The summed E-state index contributed by atoms with van der Waals surface area (Å²) in [5.41, 5.74) is 0. The summed E-state index contributed by atoms with van der Waals surface area (Å²) in [5.74, 6) is -3.00. The second-order valence-corrected chi connectivity index (χ2v) is 4.06. The van der Waals surface area contributed by atoms with E-state index in [4.69, 9.17) is 0 Å². The number of hydrogen-bond donors (Lipinski definition) is 0. The van der Waals surface area contributed by atoms with E-state index in [9.17, 15) is 8.78 Å². The molecule has 0 aliphatic carbocycles. The molecule has 1 nitrogen and oxygen atoms in total. The van der Waals surface area contributed by atoms with Crippen molar-refractivity contribution in [1.82, 2.24) is 4.90 Å². The second kappa shape index (κ2) is 4.01. The average molecular weight is 242 g/mol. The molecule has 1 fully saturated rings. The standard InChI is InChI=1S/C8H14BrF2N/c1-12-4-2-3-7(5-12)8(10,11)6-9/h7H,2-6H2,1H3. The minimum Gasteiger partial charge on any atom is -0.306 e. The summed E-state index contributed by atoms with van der Waals surface area (Å²) in [4.78, 5) is 1.98. The van der Waals surface area contributed by atoms with E-state index in [0.29, 0.717) is 13.0 Å². The second-order valence-electron chi connectivity index (χ2n) is 3.50. The molecule has 1 rings (SSSR count). The van der Waals surface area contributed by atoms with Crippen molar-refractivity contribution < 1.29 is 8.78 Å². The Kier molecular flexibility index (Phi) is 3.47. The van der Waals surface area contributed by atoms with Crippen LogP contribution in [0.25, 0.3) is 0 Å². The third-order valence-electron chi connectivity index (χ3n) is 2.40. The van der Waals surface area contributed by atoms with Crippen molar-refractivity contribution in [2.45, 2.75) is 18.8 Å². The monoisotopic (exact) mass is 241 g/mol. The van der Waals surface area contributed by atoms with Gasteiger partial charge < -0.3 is 4.90 Å². The molecular formula is C8H14BrF2N. The van der Waals surface area contributed by atoms with E-state index in [-0.39, 0.29) is 5.33 Å². The van der Waals surface area contributed by atoms with Crippen molar-refractivity contribution >= 4 is 15.9 Å². The van der Waals surface area contributed by atoms with Crippen molar-refractivity contribution in [3.05, 3.63) is 0 Å². The fourth-order valence-corrected chi connectivity index (χ4v) is 2.08. The molecule has 0 spiro atoms. The molecule has 1 aliphatic rings. The Hall–Kier alpha value is 0.300. The van der Waals surface area contributed by atoms with E-state index in [1.807, 2.05) is 11.9 Å². The van der Waals surface area contributed by atoms with E-state index in [1.165, 1.54) is 0 Å². The highest BCUT2D eigenvalue weighted by Crippen LogP contribution is 2.32. The summed E-state index contributed by atoms with van der Waals surface area (Å²) >= 11 is 2.86. The van der Waals surface area contributed by atoms with Crippen LogP contribution in [0.1, 0.15) is 12.8 Å². The normalized spacial score (nSPS) is 27.5. The van der Waals surface area contributed by atoms with Crippen LogP contribution in [-0.2, 0) is 0 Å². The zero-order valence-electron chi connectivity index (χ0n) is 7.19. The van der Waals surface area contributed by atoms with Gasteiger partial charge in [0, 0.05) is 12.5 Å². The molecule has 1 aliphatic heterocycles. The van der Waals surface area contributed by atoms with Gasteiger partial charge in [0.25, 0.3) is 5.92 Å². The minimum absolute atomic E-state index is 0.210. The maximum atomic E-state index is 13.1. The molecule has 1 unspecified atom stereocenters. The molecule has 1 atom stereocenters. The van der Waals surface area contributed by atoms with Crippen molar-refractivity contribution in [1.29, 1.82) is 0 Å². The van der Waals surface area contributed by atoms with Crippen LogP contribution in [0.15, 0.2) is 0 Å². The first-order valence-electron chi connectivity index (χ1n) is 4.18. The molecule has 0 bridgehead atoms. The minimum atomic E-state index is -2.53. The van der Waals surface area contributed by atoms with Crippen LogP contribution in [0, 0.1) is 5.92 Å². The van der Waals surface area contributed by atoms with Crippen molar-refractivity contribution in [3.8, 4) is 0 Å². The summed E-state index contributed by atoms with van der Waals surface area (Å²) in [6, 6.07) is 0. The molecule has 0 aromatic heterocycles. The van der Waals surface area contributed by atoms with Crippen LogP contribution in [-0.4, -0.2) is 36.3 Å². The fourth-order valence-electron chi connectivity index (χ4n) is 1.62. The summed E-state index contributed by atoms with van der Waals surface area (Å²) in [5, 5.41) is -0.210. The first-order chi connectivity index (χ1) is 5.56. The van der Waals surface area contributed by atoms with Crippen molar-refractivity contribution in [2.75, 3.05) is 25.5 Å². The van der Waals surface area contributed by atoms with Crippen LogP contribution in [0.2, 0.25) is 0 Å². The Bertz CT molecular complexity index is 152. The lowest BCUT2D eigenvalue weighted by molar-refractivity contribution is -0.0575. The van der Waals surface area contributed by atoms with Gasteiger partial charge in [0.05, 0.1) is 5.33 Å². The van der Waals surface area contributed by atoms with Crippen LogP contribution in [0.5, 0.6) is 0 Å². The predicted octanol–water partition coefficient (Wildman–Crippen LogP) is 2.36. The summed E-state index contributed by atoms with van der Waals surface area (Å²) in [7, 11) is 1.90. The van der Waals surface area contributed by atoms with Crippen LogP contribution >= 0.6 is 15.9 Å². The number of alkyl halides is 3. The van der Waals surface area contributed by atoms with Gasteiger partial charge in [-0.05, 0) is 26.4 Å². The highest BCUT2D eigenvalue weighted by atomic mass is 79.9. The third-order valence-corrected chi connectivity index (χ3v) is 3.15. The molecule has 72 valence electrons. The average Bonchev–Trinajstić information content (AvgIpc) is 2.05. The molecule has 12 heavy (non-hydrogen) atoms. The highest BCUT2D eigenvalue weighted by Gasteiger charge is 2.39. The number of piperidine rings is 1. The lowest BCUT2D eigenvalue weighted by Gasteiger charge is -2.33. The lowest BCUT2D eigenvalue weighted by Crippen LogP contribution is -2.42. The molecule has 1 heterocycles. The van der Waals surface area contributed by atoms with E-state index in [2.05, 4.69) is 15.9 Å². The maximum absolute atomic E-state index is 13.1. The van der Waals surface area contributed by atoms with Crippen LogP contribution in [0.3, 0.4) is 0 Å². The Balaban J connectivity index is 2.50. The number of halogens is 3. The molecule has 0 N–H and O–H groups in total. The molecule has 1 saturated heterocycles. The summed E-state index contributed by atoms with van der Waals surface area (Å²) < 4.78 is 26.3. The van der Waals surface area contributed by atoms with Gasteiger partial charge in [0.1, 0.15) is 0 Å². The first kappa shape index (κ1) is 10.4. The zero-order chi connectivity index (χ0) is 9.19. The Morgan fingerprint density at radius 1 is 1.58 bits per heavy atom. The van der Waals surface area contributed by atoms with Gasteiger partial charge in [0.2, 0.25) is 0 Å².